The van der Waals surface area contributed by atoms with Crippen molar-refractivity contribution in [3.63, 3.8) is 0 Å². The summed E-state index contributed by atoms with van der Waals surface area (Å²) >= 11 is 0. The first-order valence-corrected chi connectivity index (χ1v) is 9.44. The summed E-state index contributed by atoms with van der Waals surface area (Å²) in [5.74, 6) is -0.800. The van der Waals surface area contributed by atoms with Crippen LogP contribution in [0.25, 0.3) is 23.1 Å². The topological polar surface area (TPSA) is 85.1 Å². The smallest absolute Gasteiger partial charge is 0.255 e. The molecule has 3 aromatic carbocycles. The fraction of sp³-hybridized carbons (Fsp3) is 0. The number of nitrogens with zero attached hydrogens (tertiary/aromatic N) is 1. The van der Waals surface area contributed by atoms with Gasteiger partial charge in [-0.2, -0.15) is 0 Å². The minimum atomic E-state index is -0.539. The minimum Gasteiger partial charge on any atom is -0.366 e. The molecule has 5 nitrogen and oxygen atoms in total. The van der Waals surface area contributed by atoms with E-state index in [9.17, 15) is 9.59 Å². The molecule has 3 N–H and O–H groups in total. The number of benzene rings is 3. The van der Waals surface area contributed by atoms with Gasteiger partial charge in [0.2, 0.25) is 5.91 Å². The van der Waals surface area contributed by atoms with E-state index in [0.29, 0.717) is 16.8 Å². The molecule has 146 valence electrons. The summed E-state index contributed by atoms with van der Waals surface area (Å²) < 4.78 is 0. The summed E-state index contributed by atoms with van der Waals surface area (Å²) in [6.45, 7) is 0. The van der Waals surface area contributed by atoms with Crippen molar-refractivity contribution >= 4 is 40.6 Å². The summed E-state index contributed by atoms with van der Waals surface area (Å²) in [5.41, 5.74) is 9.42. The number of rotatable bonds is 5. The van der Waals surface area contributed by atoms with Crippen LogP contribution >= 0.6 is 0 Å². The number of anilines is 1. The Hall–Kier alpha value is -4.25. The van der Waals surface area contributed by atoms with E-state index in [1.807, 2.05) is 60.7 Å². The lowest BCUT2D eigenvalue weighted by molar-refractivity contribution is 0.0996. The van der Waals surface area contributed by atoms with Gasteiger partial charge in [-0.25, -0.2) is 4.98 Å². The SMILES string of the molecule is NC(=O)c1cccc(NC(=O)c2ccc(C=Cc3ccc4ccccc4n3)cc2)c1. The molecule has 0 fully saturated rings. The molecule has 4 aromatic rings. The van der Waals surface area contributed by atoms with E-state index < -0.39 is 5.91 Å². The van der Waals surface area contributed by atoms with Crippen molar-refractivity contribution in [2.24, 2.45) is 5.73 Å². The number of primary amides is 1. The van der Waals surface area contributed by atoms with Crippen LogP contribution in [-0.4, -0.2) is 16.8 Å². The number of aromatic nitrogens is 1. The van der Waals surface area contributed by atoms with Crippen molar-refractivity contribution in [2.75, 3.05) is 5.32 Å². The van der Waals surface area contributed by atoms with Gasteiger partial charge in [-0.1, -0.05) is 48.5 Å². The number of hydrogen-bond donors (Lipinski definition) is 2. The molecule has 0 aliphatic rings. The standard InChI is InChI=1S/C25H19N3O2/c26-24(29)20-5-3-6-22(16-20)28-25(30)19-11-8-17(9-12-19)10-14-21-15-13-18-4-1-2-7-23(18)27-21/h1-16H,(H2,26,29)(H,28,30). The van der Waals surface area contributed by atoms with Crippen molar-refractivity contribution in [3.8, 4) is 0 Å². The Kier molecular flexibility index (Phi) is 5.35. The third-order valence-corrected chi connectivity index (χ3v) is 4.64. The lowest BCUT2D eigenvalue weighted by Gasteiger charge is -2.06. The number of nitrogens with one attached hydrogen (secondary N) is 1. The van der Waals surface area contributed by atoms with Crippen molar-refractivity contribution in [3.05, 3.63) is 107 Å². The molecule has 30 heavy (non-hydrogen) atoms. The molecule has 5 heteroatoms. The summed E-state index contributed by atoms with van der Waals surface area (Å²) in [7, 11) is 0. The van der Waals surface area contributed by atoms with Gasteiger partial charge in [-0.3, -0.25) is 9.59 Å². The van der Waals surface area contributed by atoms with Crippen molar-refractivity contribution < 1.29 is 9.59 Å². The van der Waals surface area contributed by atoms with Gasteiger partial charge in [0.25, 0.3) is 5.91 Å². The molecule has 0 unspecified atom stereocenters. The first kappa shape index (κ1) is 19.1. The molecular weight excluding hydrogens is 374 g/mol. The Morgan fingerprint density at radius 3 is 2.40 bits per heavy atom. The average molecular weight is 393 g/mol. The Morgan fingerprint density at radius 1 is 0.800 bits per heavy atom. The Labute approximate surface area is 173 Å². The largest absolute Gasteiger partial charge is 0.366 e. The highest BCUT2D eigenvalue weighted by molar-refractivity contribution is 6.05. The molecule has 4 rings (SSSR count). The maximum absolute atomic E-state index is 12.5. The number of fused-ring (bicyclic) bond motifs is 1. The average Bonchev–Trinajstić information content (AvgIpc) is 2.78. The van der Waals surface area contributed by atoms with Gasteiger partial charge in [-0.15, -0.1) is 0 Å². The van der Waals surface area contributed by atoms with Crippen LogP contribution in [0.15, 0.2) is 84.9 Å². The molecule has 0 atom stereocenters. The molecule has 2 amide bonds. The van der Waals surface area contributed by atoms with E-state index in [2.05, 4.69) is 10.3 Å². The van der Waals surface area contributed by atoms with Gasteiger partial charge in [0, 0.05) is 22.2 Å². The van der Waals surface area contributed by atoms with Crippen LogP contribution in [0.4, 0.5) is 5.69 Å². The maximum Gasteiger partial charge on any atom is 0.255 e. The van der Waals surface area contributed by atoms with Crippen LogP contribution in [-0.2, 0) is 0 Å². The fourth-order valence-electron chi connectivity index (χ4n) is 3.06. The van der Waals surface area contributed by atoms with Gasteiger partial charge in [0.05, 0.1) is 11.2 Å². The lowest BCUT2D eigenvalue weighted by atomic mass is 10.1. The van der Waals surface area contributed by atoms with Gasteiger partial charge in [0.1, 0.15) is 0 Å². The Morgan fingerprint density at radius 2 is 1.60 bits per heavy atom. The maximum atomic E-state index is 12.5. The number of para-hydroxylation sites is 1. The summed E-state index contributed by atoms with van der Waals surface area (Å²) in [6, 6.07) is 25.8. The molecule has 1 heterocycles. The molecule has 0 saturated heterocycles. The minimum absolute atomic E-state index is 0.261. The second-order valence-electron chi connectivity index (χ2n) is 6.78. The number of hydrogen-bond acceptors (Lipinski definition) is 3. The molecule has 0 aliphatic carbocycles. The quantitative estimate of drug-likeness (QED) is 0.513. The van der Waals surface area contributed by atoms with Crippen LogP contribution in [0.2, 0.25) is 0 Å². The third-order valence-electron chi connectivity index (χ3n) is 4.64. The zero-order chi connectivity index (χ0) is 20.9. The number of carbonyl (C=O) groups is 2. The fourth-order valence-corrected chi connectivity index (χ4v) is 3.06. The van der Waals surface area contributed by atoms with Crippen LogP contribution in [0.3, 0.4) is 0 Å². The zero-order valence-electron chi connectivity index (χ0n) is 16.1. The zero-order valence-corrected chi connectivity index (χ0v) is 16.1. The Bertz CT molecular complexity index is 1260. The number of amides is 2. The van der Waals surface area contributed by atoms with E-state index in [4.69, 9.17) is 5.73 Å². The molecular formula is C25H19N3O2. The summed E-state index contributed by atoms with van der Waals surface area (Å²) in [5, 5.41) is 3.88. The number of carbonyl (C=O) groups excluding carboxylic acids is 2. The third kappa shape index (κ3) is 4.42. The highest BCUT2D eigenvalue weighted by atomic mass is 16.2. The number of pyridine rings is 1. The molecule has 0 bridgehead atoms. The number of nitrogens with two attached hydrogens (primary N) is 1. The summed E-state index contributed by atoms with van der Waals surface area (Å²) in [6.07, 6.45) is 3.89. The van der Waals surface area contributed by atoms with Crippen molar-refractivity contribution in [1.82, 2.24) is 4.98 Å². The first-order chi connectivity index (χ1) is 14.6. The second-order valence-corrected chi connectivity index (χ2v) is 6.78. The van der Waals surface area contributed by atoms with Crippen molar-refractivity contribution in [1.29, 1.82) is 0 Å². The van der Waals surface area contributed by atoms with E-state index in [0.717, 1.165) is 22.2 Å². The molecule has 0 spiro atoms. The molecule has 0 aliphatic heterocycles. The van der Waals surface area contributed by atoms with Crippen LogP contribution in [0, 0.1) is 0 Å². The van der Waals surface area contributed by atoms with Crippen molar-refractivity contribution in [2.45, 2.75) is 0 Å². The summed E-state index contributed by atoms with van der Waals surface area (Å²) in [4.78, 5) is 28.3. The van der Waals surface area contributed by atoms with E-state index in [1.165, 1.54) is 0 Å². The van der Waals surface area contributed by atoms with Gasteiger partial charge < -0.3 is 11.1 Å². The van der Waals surface area contributed by atoms with Crippen LogP contribution in [0.1, 0.15) is 32.0 Å². The predicted molar refractivity (Wildman–Crippen MR) is 120 cm³/mol. The Balaban J connectivity index is 1.45. The lowest BCUT2D eigenvalue weighted by Crippen LogP contribution is -2.14. The van der Waals surface area contributed by atoms with Gasteiger partial charge in [-0.05, 0) is 54.1 Å². The normalized spacial score (nSPS) is 10.9. The van der Waals surface area contributed by atoms with Crippen LogP contribution in [0.5, 0.6) is 0 Å². The van der Waals surface area contributed by atoms with Gasteiger partial charge in [0.15, 0.2) is 0 Å². The second kappa shape index (κ2) is 8.41. The molecule has 1 aromatic heterocycles. The predicted octanol–water partition coefficient (Wildman–Crippen LogP) is 4.76. The first-order valence-electron chi connectivity index (χ1n) is 9.44. The highest BCUT2D eigenvalue weighted by Gasteiger charge is 2.07. The van der Waals surface area contributed by atoms with Crippen LogP contribution < -0.4 is 11.1 Å². The van der Waals surface area contributed by atoms with E-state index in [1.54, 1.807) is 36.4 Å². The van der Waals surface area contributed by atoms with Gasteiger partial charge >= 0.3 is 0 Å². The van der Waals surface area contributed by atoms with E-state index in [-0.39, 0.29) is 5.91 Å². The highest BCUT2D eigenvalue weighted by Crippen LogP contribution is 2.15. The monoisotopic (exact) mass is 393 g/mol. The molecule has 0 radical (unpaired) electrons. The molecule has 0 saturated carbocycles. The van der Waals surface area contributed by atoms with E-state index >= 15 is 0 Å².